The molecule has 0 atom stereocenters. The molecule has 2 aliphatic rings. The van der Waals surface area contributed by atoms with E-state index in [1.807, 2.05) is 24.3 Å². The molecule has 9 rings (SSSR count). The molecule has 7 aromatic rings. The summed E-state index contributed by atoms with van der Waals surface area (Å²) in [4.78, 5) is 44.3. The SMILES string of the molecule is C=C(C)C(=O)CCCCCCCOc1ccc(C2CCC(COc3ccc4c5ccc(OCC6CCC(C=O)CC6)cc5c5nc6cc(-c7cccc(OCCOCCOC=O)c7)ccc6nc5c4c3)CC2)cc1. The molecule has 0 unspecified atom stereocenters. The molecule has 2 fully saturated rings. The van der Waals surface area contributed by atoms with E-state index in [0.717, 1.165) is 167 Å². The average Bonchev–Trinajstić information content (AvgIpc) is 3.44. The molecule has 0 amide bonds. The first-order valence-corrected chi connectivity index (χ1v) is 26.9. The van der Waals surface area contributed by atoms with Gasteiger partial charge in [0.2, 0.25) is 0 Å². The summed E-state index contributed by atoms with van der Waals surface area (Å²) in [7, 11) is 0. The minimum absolute atomic E-state index is 0.170. The van der Waals surface area contributed by atoms with Gasteiger partial charge in [0, 0.05) is 23.1 Å². The third kappa shape index (κ3) is 13.6. The molecule has 74 heavy (non-hydrogen) atoms. The Morgan fingerprint density at radius 1 is 0.554 bits per heavy atom. The normalized spacial score (nSPS) is 17.8. The number of aldehydes is 1. The van der Waals surface area contributed by atoms with Gasteiger partial charge in [-0.3, -0.25) is 9.59 Å². The van der Waals surface area contributed by atoms with Crippen LogP contribution in [0.3, 0.4) is 0 Å². The Morgan fingerprint density at radius 3 is 1.82 bits per heavy atom. The van der Waals surface area contributed by atoms with Crippen molar-refractivity contribution >= 4 is 62.2 Å². The zero-order valence-corrected chi connectivity index (χ0v) is 42.9. The predicted octanol–water partition coefficient (Wildman–Crippen LogP) is 13.9. The van der Waals surface area contributed by atoms with E-state index in [0.29, 0.717) is 75.9 Å². The Bertz CT molecular complexity index is 3030. The molecule has 6 aromatic carbocycles. The number of carbonyl (C=O) groups is 3. The molecular weight excluding hydrogens is 929 g/mol. The molecule has 0 N–H and O–H groups in total. The van der Waals surface area contributed by atoms with Crippen molar-refractivity contribution in [3.8, 4) is 34.1 Å². The Labute approximate surface area is 434 Å². The van der Waals surface area contributed by atoms with Crippen molar-refractivity contribution in [2.75, 3.05) is 46.2 Å². The number of hydrogen-bond acceptors (Lipinski definition) is 11. The zero-order chi connectivity index (χ0) is 51.1. The lowest BCUT2D eigenvalue weighted by Gasteiger charge is -2.29. The van der Waals surface area contributed by atoms with Crippen molar-refractivity contribution in [3.63, 3.8) is 0 Å². The summed E-state index contributed by atoms with van der Waals surface area (Å²) in [5.74, 6) is 5.06. The van der Waals surface area contributed by atoms with E-state index < -0.39 is 0 Å². The lowest BCUT2D eigenvalue weighted by atomic mass is 9.79. The van der Waals surface area contributed by atoms with E-state index in [1.165, 1.54) is 5.56 Å². The number of nitrogens with zero attached hydrogens (tertiary/aromatic N) is 2. The Balaban J connectivity index is 0.868. The third-order valence-electron chi connectivity index (χ3n) is 15.1. The number of rotatable bonds is 27. The van der Waals surface area contributed by atoms with Gasteiger partial charge in [0.05, 0.1) is 55.1 Å². The summed E-state index contributed by atoms with van der Waals surface area (Å²) >= 11 is 0. The number of carbonyl (C=O) groups excluding carboxylic acids is 3. The molecular formula is C63H70N2O9. The second-order valence-electron chi connectivity index (χ2n) is 20.4. The number of Topliss-reactive ketones (excluding diaryl/α,β-unsaturated/α-hetero) is 1. The molecule has 1 aromatic heterocycles. The van der Waals surface area contributed by atoms with Crippen LogP contribution in [0.4, 0.5) is 0 Å². The lowest BCUT2D eigenvalue weighted by molar-refractivity contribution is -0.130. The molecule has 11 nitrogen and oxygen atoms in total. The maximum atomic E-state index is 11.7. The first kappa shape index (κ1) is 52.0. The van der Waals surface area contributed by atoms with E-state index in [1.54, 1.807) is 6.92 Å². The van der Waals surface area contributed by atoms with Gasteiger partial charge in [-0.25, -0.2) is 9.97 Å². The summed E-state index contributed by atoms with van der Waals surface area (Å²) in [5.41, 5.74) is 7.21. The highest BCUT2D eigenvalue weighted by molar-refractivity contribution is 6.24. The number of fused-ring (bicyclic) bond motifs is 7. The van der Waals surface area contributed by atoms with Crippen LogP contribution in [0, 0.1) is 17.8 Å². The first-order chi connectivity index (χ1) is 36.3. The largest absolute Gasteiger partial charge is 0.494 e. The van der Waals surface area contributed by atoms with E-state index >= 15 is 0 Å². The second kappa shape index (κ2) is 25.9. The summed E-state index contributed by atoms with van der Waals surface area (Å²) in [6.07, 6.45) is 15.3. The summed E-state index contributed by atoms with van der Waals surface area (Å²) in [6.45, 7) is 9.20. The van der Waals surface area contributed by atoms with Crippen LogP contribution in [-0.2, 0) is 23.9 Å². The van der Waals surface area contributed by atoms with Gasteiger partial charge in [0.1, 0.15) is 42.5 Å². The Morgan fingerprint density at radius 2 is 1.15 bits per heavy atom. The summed E-state index contributed by atoms with van der Waals surface area (Å²) in [6, 6.07) is 35.6. The van der Waals surface area contributed by atoms with Crippen molar-refractivity contribution in [2.24, 2.45) is 17.8 Å². The Hall–Kier alpha value is -6.85. The van der Waals surface area contributed by atoms with Gasteiger partial charge < -0.3 is 33.2 Å². The van der Waals surface area contributed by atoms with Crippen LogP contribution < -0.4 is 18.9 Å². The highest BCUT2D eigenvalue weighted by Crippen LogP contribution is 2.40. The van der Waals surface area contributed by atoms with Crippen molar-refractivity contribution < 1.29 is 42.8 Å². The molecule has 0 bridgehead atoms. The molecule has 11 heteroatoms. The van der Waals surface area contributed by atoms with E-state index in [2.05, 4.69) is 90.2 Å². The molecule has 0 aliphatic heterocycles. The van der Waals surface area contributed by atoms with Gasteiger partial charge >= 0.3 is 0 Å². The first-order valence-electron chi connectivity index (χ1n) is 26.9. The number of allylic oxidation sites excluding steroid dienone is 1. The quantitative estimate of drug-likeness (QED) is 0.0160. The molecule has 0 spiro atoms. The molecule has 1 heterocycles. The van der Waals surface area contributed by atoms with Crippen molar-refractivity contribution in [1.29, 1.82) is 0 Å². The molecule has 2 saturated carbocycles. The van der Waals surface area contributed by atoms with Gasteiger partial charge in [-0.05, 0) is 195 Å². The van der Waals surface area contributed by atoms with Crippen LogP contribution in [-0.4, -0.2) is 74.8 Å². The van der Waals surface area contributed by atoms with Crippen molar-refractivity contribution in [3.05, 3.63) is 121 Å². The second-order valence-corrected chi connectivity index (χ2v) is 20.4. The van der Waals surface area contributed by atoms with Crippen LogP contribution in [0.15, 0.2) is 115 Å². The van der Waals surface area contributed by atoms with E-state index in [-0.39, 0.29) is 18.3 Å². The minimum atomic E-state index is 0.170. The smallest absolute Gasteiger partial charge is 0.293 e. The van der Waals surface area contributed by atoms with E-state index in [9.17, 15) is 14.4 Å². The molecule has 0 radical (unpaired) electrons. The van der Waals surface area contributed by atoms with Gasteiger partial charge in [-0.15, -0.1) is 0 Å². The van der Waals surface area contributed by atoms with Gasteiger partial charge in [-0.1, -0.05) is 56.2 Å². The summed E-state index contributed by atoms with van der Waals surface area (Å²) < 4.78 is 35.4. The predicted molar refractivity (Wildman–Crippen MR) is 292 cm³/mol. The van der Waals surface area contributed by atoms with Crippen LogP contribution in [0.25, 0.3) is 54.7 Å². The summed E-state index contributed by atoms with van der Waals surface area (Å²) in [5, 5.41) is 4.12. The van der Waals surface area contributed by atoms with Crippen molar-refractivity contribution in [1.82, 2.24) is 9.97 Å². The monoisotopic (exact) mass is 999 g/mol. The van der Waals surface area contributed by atoms with Crippen molar-refractivity contribution in [2.45, 2.75) is 103 Å². The number of hydrogen-bond donors (Lipinski definition) is 0. The topological polar surface area (TPSA) is 132 Å². The van der Waals surface area contributed by atoms with Crippen LogP contribution in [0.5, 0.6) is 23.0 Å². The molecule has 386 valence electrons. The standard InChI is InChI=1S/C63H70N2O9/c1-43(2)61(68)11-6-4-3-5-7-30-71-51-23-20-48(21-24-51)47-18-16-46(17-19-47)41-74-53-25-27-55-56-28-26-54(73-40-45-14-12-44(39-66)13-15-45)38-58(56)63-62(57(55)37-53)64-59-29-22-50(36-60(59)65-63)49-9-8-10-52(35-49)72-34-33-69-31-32-70-42-67/h8-10,20-29,35-39,42,44-47H,1,3-7,11-19,30-34,40-41H2,2H3. The fourth-order valence-electron chi connectivity index (χ4n) is 10.7. The lowest BCUT2D eigenvalue weighted by Crippen LogP contribution is -2.20. The van der Waals surface area contributed by atoms with Crippen LogP contribution in [0.1, 0.15) is 108 Å². The maximum Gasteiger partial charge on any atom is 0.293 e. The van der Waals surface area contributed by atoms with Crippen LogP contribution in [0.2, 0.25) is 0 Å². The third-order valence-corrected chi connectivity index (χ3v) is 15.1. The van der Waals surface area contributed by atoms with Gasteiger partial charge in [0.15, 0.2) is 5.78 Å². The highest BCUT2D eigenvalue weighted by Gasteiger charge is 2.24. The highest BCUT2D eigenvalue weighted by atomic mass is 16.6. The molecule has 2 aliphatic carbocycles. The van der Waals surface area contributed by atoms with Crippen LogP contribution >= 0.6 is 0 Å². The minimum Gasteiger partial charge on any atom is -0.494 e. The van der Waals surface area contributed by atoms with Gasteiger partial charge in [-0.2, -0.15) is 0 Å². The number of aromatic nitrogens is 2. The average molecular weight is 999 g/mol. The fourth-order valence-corrected chi connectivity index (χ4v) is 10.7. The number of ketones is 1. The number of benzene rings is 6. The number of ether oxygens (including phenoxy) is 6. The molecule has 0 saturated heterocycles. The maximum absolute atomic E-state index is 11.7. The van der Waals surface area contributed by atoms with E-state index in [4.69, 9.17) is 33.7 Å². The van der Waals surface area contributed by atoms with Gasteiger partial charge in [0.25, 0.3) is 6.47 Å². The fraction of sp³-hybridized carbons (Fsp3) is 0.413. The number of unbranched alkanes of at least 4 members (excludes halogenated alkanes) is 4. The zero-order valence-electron chi connectivity index (χ0n) is 42.9. The Kier molecular flexibility index (Phi) is 18.2.